The fourth-order valence-electron chi connectivity index (χ4n) is 3.99. The molecule has 1 aliphatic rings. The zero-order valence-corrected chi connectivity index (χ0v) is 19.3. The minimum absolute atomic E-state index is 0.162. The van der Waals surface area contributed by atoms with Gasteiger partial charge in [0.2, 0.25) is 5.91 Å². The number of hydrogen-bond donors (Lipinski definition) is 3. The van der Waals surface area contributed by atoms with Gasteiger partial charge in [-0.25, -0.2) is 4.79 Å². The van der Waals surface area contributed by atoms with E-state index in [4.69, 9.17) is 4.74 Å². The van der Waals surface area contributed by atoms with Gasteiger partial charge < -0.3 is 20.5 Å². The van der Waals surface area contributed by atoms with Gasteiger partial charge in [-0.1, -0.05) is 30.3 Å². The number of carboxylic acids is 1. The van der Waals surface area contributed by atoms with Gasteiger partial charge in [-0.3, -0.25) is 9.59 Å². The zero-order valence-electron chi connectivity index (χ0n) is 19.3. The molecule has 0 bridgehead atoms. The first-order chi connectivity index (χ1) is 15.7. The molecule has 7 heteroatoms. The average molecular weight is 453 g/mol. The molecule has 0 radical (unpaired) electrons. The third-order valence-electron chi connectivity index (χ3n) is 6.14. The molecule has 7 nitrogen and oxygen atoms in total. The van der Waals surface area contributed by atoms with E-state index in [-0.39, 0.29) is 17.7 Å². The molecule has 0 aromatic heterocycles. The molecular weight excluding hydrogens is 420 g/mol. The lowest BCUT2D eigenvalue weighted by atomic mass is 9.78. The number of carbonyl (C=O) groups excluding carboxylic acids is 2. The van der Waals surface area contributed by atoms with E-state index in [1.807, 2.05) is 54.6 Å². The molecule has 1 unspecified atom stereocenters. The molecule has 33 heavy (non-hydrogen) atoms. The summed E-state index contributed by atoms with van der Waals surface area (Å²) in [6.45, 7) is 4.70. The normalized spacial score (nSPS) is 19.2. The maximum atomic E-state index is 12.5. The first-order valence-corrected chi connectivity index (χ1v) is 11.3. The molecule has 1 aliphatic carbocycles. The molecule has 3 N–H and O–H groups in total. The van der Waals surface area contributed by atoms with Crippen molar-refractivity contribution in [2.45, 2.75) is 64.0 Å². The van der Waals surface area contributed by atoms with Gasteiger partial charge in [0.1, 0.15) is 11.3 Å². The molecule has 0 saturated heterocycles. The van der Waals surface area contributed by atoms with E-state index >= 15 is 0 Å². The number of para-hydroxylation sites is 1. The minimum atomic E-state index is -1.27. The highest BCUT2D eigenvalue weighted by Crippen LogP contribution is 2.36. The maximum Gasteiger partial charge on any atom is 0.328 e. The Hall–Kier alpha value is -3.35. The van der Waals surface area contributed by atoms with Crippen LogP contribution in [-0.4, -0.2) is 34.5 Å². The van der Waals surface area contributed by atoms with Crippen LogP contribution in [0.2, 0.25) is 0 Å². The number of aliphatic carboxylic acids is 1. The number of ether oxygens (including phenoxy) is 1. The van der Waals surface area contributed by atoms with E-state index in [1.54, 1.807) is 6.92 Å². The molecule has 0 aliphatic heterocycles. The Balaban J connectivity index is 1.49. The van der Waals surface area contributed by atoms with Crippen molar-refractivity contribution in [2.75, 3.05) is 5.32 Å². The number of carbonyl (C=O) groups is 3. The third-order valence-corrected chi connectivity index (χ3v) is 6.14. The largest absolute Gasteiger partial charge is 0.481 e. The summed E-state index contributed by atoms with van der Waals surface area (Å²) in [6, 6.07) is 17.0. The predicted molar refractivity (Wildman–Crippen MR) is 126 cm³/mol. The summed E-state index contributed by atoms with van der Waals surface area (Å²) in [7, 11) is 0. The van der Waals surface area contributed by atoms with Gasteiger partial charge >= 0.3 is 5.97 Å². The van der Waals surface area contributed by atoms with Crippen molar-refractivity contribution in [2.24, 2.45) is 5.92 Å². The molecule has 2 aromatic carbocycles. The van der Waals surface area contributed by atoms with Gasteiger partial charge in [0.15, 0.2) is 6.10 Å². The fraction of sp³-hybridized carbons (Fsp3) is 0.423. The smallest absolute Gasteiger partial charge is 0.328 e. The molecule has 0 heterocycles. The van der Waals surface area contributed by atoms with Gasteiger partial charge in [0.25, 0.3) is 5.91 Å². The van der Waals surface area contributed by atoms with Gasteiger partial charge in [-0.2, -0.15) is 0 Å². The lowest BCUT2D eigenvalue weighted by molar-refractivity contribution is -0.146. The number of carboxylic acid groups (broad SMARTS) is 1. The quantitative estimate of drug-likeness (QED) is 0.552. The topological polar surface area (TPSA) is 105 Å². The minimum Gasteiger partial charge on any atom is -0.481 e. The van der Waals surface area contributed by atoms with Crippen molar-refractivity contribution >= 4 is 23.5 Å². The summed E-state index contributed by atoms with van der Waals surface area (Å²) in [5.74, 6) is -0.631. The number of anilines is 1. The highest BCUT2D eigenvalue weighted by Gasteiger charge is 2.33. The van der Waals surface area contributed by atoms with Crippen LogP contribution < -0.4 is 15.4 Å². The van der Waals surface area contributed by atoms with Crippen LogP contribution in [0.4, 0.5) is 5.69 Å². The molecule has 0 spiro atoms. The molecule has 176 valence electrons. The lowest BCUT2D eigenvalue weighted by Gasteiger charge is -2.30. The van der Waals surface area contributed by atoms with Gasteiger partial charge in [-0.05, 0) is 82.2 Å². The monoisotopic (exact) mass is 452 g/mol. The maximum absolute atomic E-state index is 12.5. The Morgan fingerprint density at radius 1 is 0.970 bits per heavy atom. The second-order valence-corrected chi connectivity index (χ2v) is 9.15. The molecular formula is C26H32N2O5. The number of amides is 2. The first-order valence-electron chi connectivity index (χ1n) is 11.3. The highest BCUT2D eigenvalue weighted by atomic mass is 16.5. The summed E-state index contributed by atoms with van der Waals surface area (Å²) in [5, 5.41) is 14.7. The number of hydrogen-bond acceptors (Lipinski definition) is 4. The van der Waals surface area contributed by atoms with Crippen LogP contribution in [0.1, 0.15) is 57.9 Å². The van der Waals surface area contributed by atoms with E-state index in [0.29, 0.717) is 17.4 Å². The van der Waals surface area contributed by atoms with Crippen LogP contribution in [-0.2, 0) is 14.4 Å². The van der Waals surface area contributed by atoms with Crippen LogP contribution in [0.5, 0.6) is 5.75 Å². The van der Waals surface area contributed by atoms with Crippen molar-refractivity contribution in [3.05, 3.63) is 60.2 Å². The Morgan fingerprint density at radius 3 is 2.15 bits per heavy atom. The van der Waals surface area contributed by atoms with E-state index in [2.05, 4.69) is 10.6 Å². The Labute approximate surface area is 194 Å². The van der Waals surface area contributed by atoms with Gasteiger partial charge in [-0.15, -0.1) is 0 Å². The summed E-state index contributed by atoms with van der Waals surface area (Å²) in [4.78, 5) is 36.1. The summed E-state index contributed by atoms with van der Waals surface area (Å²) >= 11 is 0. The molecule has 1 atom stereocenters. The van der Waals surface area contributed by atoms with Crippen molar-refractivity contribution in [1.82, 2.24) is 5.32 Å². The average Bonchev–Trinajstić information content (AvgIpc) is 2.80. The predicted octanol–water partition coefficient (Wildman–Crippen LogP) is 4.35. The summed E-state index contributed by atoms with van der Waals surface area (Å²) in [6.07, 6.45) is 2.54. The van der Waals surface area contributed by atoms with Crippen LogP contribution in [0, 0.1) is 5.92 Å². The van der Waals surface area contributed by atoms with Crippen LogP contribution in [0.15, 0.2) is 54.6 Å². The van der Waals surface area contributed by atoms with E-state index in [1.165, 1.54) is 19.4 Å². The molecule has 1 saturated carbocycles. The second kappa shape index (κ2) is 10.5. The lowest BCUT2D eigenvalue weighted by Crippen LogP contribution is -2.51. The fourth-order valence-corrected chi connectivity index (χ4v) is 3.99. The van der Waals surface area contributed by atoms with Crippen LogP contribution in [0.3, 0.4) is 0 Å². The van der Waals surface area contributed by atoms with Crippen LogP contribution >= 0.6 is 0 Å². The standard InChI is InChI=1S/C26H32N2O5/c1-17(33-22-7-5-4-6-8-22)23(29)27-21-15-13-19(14-16-21)18-9-11-20(12-10-18)24(30)28-26(2,3)25(31)32/h4-8,13-18,20H,9-12H2,1-3H3,(H,27,29)(H,28,30)(H,31,32). The molecule has 1 fully saturated rings. The van der Waals surface area contributed by atoms with Gasteiger partial charge in [0.05, 0.1) is 0 Å². The molecule has 3 rings (SSSR count). The third kappa shape index (κ3) is 6.57. The van der Waals surface area contributed by atoms with Gasteiger partial charge in [0, 0.05) is 11.6 Å². The molecule has 2 aromatic rings. The summed E-state index contributed by atoms with van der Waals surface area (Å²) in [5.41, 5.74) is 0.611. The summed E-state index contributed by atoms with van der Waals surface area (Å²) < 4.78 is 5.66. The Morgan fingerprint density at radius 2 is 1.58 bits per heavy atom. The van der Waals surface area contributed by atoms with E-state index in [9.17, 15) is 19.5 Å². The van der Waals surface area contributed by atoms with Crippen molar-refractivity contribution < 1.29 is 24.2 Å². The number of rotatable bonds is 8. The Kier molecular flexibility index (Phi) is 7.74. The van der Waals surface area contributed by atoms with E-state index < -0.39 is 17.6 Å². The SMILES string of the molecule is CC(Oc1ccccc1)C(=O)Nc1ccc(C2CCC(C(=O)NC(C)(C)C(=O)O)CC2)cc1. The molecule has 2 amide bonds. The van der Waals surface area contributed by atoms with E-state index in [0.717, 1.165) is 25.7 Å². The highest BCUT2D eigenvalue weighted by molar-refractivity contribution is 5.94. The number of nitrogens with one attached hydrogen (secondary N) is 2. The number of benzene rings is 2. The second-order valence-electron chi connectivity index (χ2n) is 9.15. The first kappa shape index (κ1) is 24.3. The van der Waals surface area contributed by atoms with Crippen molar-refractivity contribution in [3.63, 3.8) is 0 Å². The van der Waals surface area contributed by atoms with Crippen molar-refractivity contribution in [1.29, 1.82) is 0 Å². The zero-order chi connectivity index (χ0) is 24.0. The van der Waals surface area contributed by atoms with Crippen molar-refractivity contribution in [3.8, 4) is 5.75 Å². The van der Waals surface area contributed by atoms with Crippen LogP contribution in [0.25, 0.3) is 0 Å². The Bertz CT molecular complexity index is 964.